The number of hydrogen-bond donors (Lipinski definition) is 2. The van der Waals surface area contributed by atoms with Crippen molar-refractivity contribution < 1.29 is 4.79 Å². The lowest BCUT2D eigenvalue weighted by molar-refractivity contribution is -0.120. The lowest BCUT2D eigenvalue weighted by atomic mass is 10.3. The van der Waals surface area contributed by atoms with Gasteiger partial charge in [0.1, 0.15) is 0 Å². The Morgan fingerprint density at radius 2 is 2.43 bits per heavy atom. The van der Waals surface area contributed by atoms with E-state index in [1.54, 1.807) is 17.9 Å². The molecule has 0 aliphatic rings. The lowest BCUT2D eigenvalue weighted by Gasteiger charge is -2.00. The molecule has 1 aromatic heterocycles. The molecule has 0 bridgehead atoms. The van der Waals surface area contributed by atoms with Crippen molar-refractivity contribution >= 4 is 11.6 Å². The molecule has 3 N–H and O–H groups in total. The van der Waals surface area contributed by atoms with Crippen LogP contribution in [0.2, 0.25) is 0 Å². The molecule has 78 valence electrons. The Labute approximate surface area is 83.3 Å². The average molecular weight is 196 g/mol. The fourth-order valence-corrected chi connectivity index (χ4v) is 1.17. The summed E-state index contributed by atoms with van der Waals surface area (Å²) in [7, 11) is 1.64. The quantitative estimate of drug-likeness (QED) is 0.727. The first-order valence-electron chi connectivity index (χ1n) is 4.63. The molecule has 1 aromatic rings. The summed E-state index contributed by atoms with van der Waals surface area (Å²) in [6.45, 7) is 2.59. The Bertz CT molecular complexity index is 299. The third-order valence-corrected chi connectivity index (χ3v) is 2.05. The summed E-state index contributed by atoms with van der Waals surface area (Å²) in [5, 5.41) is 6.77. The SMILES string of the molecule is CNC(=O)CCCn1cc(N)c(C)n1. The van der Waals surface area contributed by atoms with Crippen molar-refractivity contribution in [2.24, 2.45) is 0 Å². The van der Waals surface area contributed by atoms with E-state index in [-0.39, 0.29) is 5.91 Å². The van der Waals surface area contributed by atoms with Crippen molar-refractivity contribution in [3.63, 3.8) is 0 Å². The van der Waals surface area contributed by atoms with Crippen LogP contribution in [0.5, 0.6) is 0 Å². The van der Waals surface area contributed by atoms with Gasteiger partial charge in [0, 0.05) is 26.2 Å². The van der Waals surface area contributed by atoms with E-state index in [1.165, 1.54) is 0 Å². The number of nitrogens with one attached hydrogen (secondary N) is 1. The summed E-state index contributed by atoms with van der Waals surface area (Å²) in [4.78, 5) is 10.9. The number of nitrogens with zero attached hydrogens (tertiary/aromatic N) is 2. The van der Waals surface area contributed by atoms with Crippen LogP contribution in [0.1, 0.15) is 18.5 Å². The van der Waals surface area contributed by atoms with E-state index in [0.29, 0.717) is 12.1 Å². The van der Waals surface area contributed by atoms with Gasteiger partial charge in [0.2, 0.25) is 5.91 Å². The van der Waals surface area contributed by atoms with Crippen molar-refractivity contribution in [3.05, 3.63) is 11.9 Å². The first-order valence-corrected chi connectivity index (χ1v) is 4.63. The van der Waals surface area contributed by atoms with Crippen LogP contribution >= 0.6 is 0 Å². The highest BCUT2D eigenvalue weighted by Gasteiger charge is 2.01. The molecule has 0 saturated carbocycles. The Morgan fingerprint density at radius 3 is 2.93 bits per heavy atom. The third kappa shape index (κ3) is 2.76. The van der Waals surface area contributed by atoms with Crippen molar-refractivity contribution in [3.8, 4) is 0 Å². The number of amides is 1. The highest BCUT2D eigenvalue weighted by atomic mass is 16.1. The predicted molar refractivity (Wildman–Crippen MR) is 54.7 cm³/mol. The van der Waals surface area contributed by atoms with Crippen molar-refractivity contribution in [2.75, 3.05) is 12.8 Å². The number of carbonyl (C=O) groups is 1. The van der Waals surface area contributed by atoms with Crippen LogP contribution in [-0.4, -0.2) is 22.7 Å². The zero-order chi connectivity index (χ0) is 10.6. The standard InChI is InChI=1S/C9H16N4O/c1-7-8(10)6-13(12-7)5-3-4-9(14)11-2/h6H,3-5,10H2,1-2H3,(H,11,14). The van der Waals surface area contributed by atoms with Crippen molar-refractivity contribution in [2.45, 2.75) is 26.3 Å². The molecule has 0 fully saturated rings. The Hall–Kier alpha value is -1.52. The molecule has 0 aromatic carbocycles. The molecule has 1 amide bonds. The van der Waals surface area contributed by atoms with Crippen LogP contribution in [0.4, 0.5) is 5.69 Å². The lowest BCUT2D eigenvalue weighted by Crippen LogP contribution is -2.17. The normalized spacial score (nSPS) is 10.1. The van der Waals surface area contributed by atoms with Gasteiger partial charge in [-0.3, -0.25) is 9.48 Å². The number of carbonyl (C=O) groups excluding carboxylic acids is 1. The average Bonchev–Trinajstić information content (AvgIpc) is 2.46. The zero-order valence-corrected chi connectivity index (χ0v) is 8.58. The summed E-state index contributed by atoms with van der Waals surface area (Å²) in [6, 6.07) is 0. The van der Waals surface area contributed by atoms with Gasteiger partial charge in [0.05, 0.1) is 11.4 Å². The molecule has 0 aliphatic carbocycles. The van der Waals surface area contributed by atoms with E-state index in [1.807, 2.05) is 6.92 Å². The van der Waals surface area contributed by atoms with Crippen LogP contribution in [0.15, 0.2) is 6.20 Å². The fraction of sp³-hybridized carbons (Fsp3) is 0.556. The van der Waals surface area contributed by atoms with Gasteiger partial charge in [-0.2, -0.15) is 5.10 Å². The molecule has 0 unspecified atom stereocenters. The minimum absolute atomic E-state index is 0.0573. The van der Waals surface area contributed by atoms with E-state index < -0.39 is 0 Å². The summed E-state index contributed by atoms with van der Waals surface area (Å²) < 4.78 is 1.77. The topological polar surface area (TPSA) is 72.9 Å². The second kappa shape index (κ2) is 4.64. The molecule has 0 spiro atoms. The van der Waals surface area contributed by atoms with Crippen LogP contribution in [0, 0.1) is 6.92 Å². The van der Waals surface area contributed by atoms with Crippen LogP contribution in [0.3, 0.4) is 0 Å². The van der Waals surface area contributed by atoms with Crippen LogP contribution in [0.25, 0.3) is 0 Å². The second-order valence-corrected chi connectivity index (χ2v) is 3.21. The molecule has 1 heterocycles. The highest BCUT2D eigenvalue weighted by Crippen LogP contribution is 2.07. The molecule has 14 heavy (non-hydrogen) atoms. The summed E-state index contributed by atoms with van der Waals surface area (Å²) in [5.74, 6) is 0.0573. The van der Waals surface area contributed by atoms with Gasteiger partial charge in [-0.1, -0.05) is 0 Å². The van der Waals surface area contributed by atoms with Gasteiger partial charge in [-0.15, -0.1) is 0 Å². The van der Waals surface area contributed by atoms with Gasteiger partial charge in [0.25, 0.3) is 0 Å². The molecule has 0 aliphatic heterocycles. The maximum Gasteiger partial charge on any atom is 0.219 e. The number of hydrogen-bond acceptors (Lipinski definition) is 3. The predicted octanol–water partition coefficient (Wildman–Crippen LogP) is 0.300. The van der Waals surface area contributed by atoms with Gasteiger partial charge in [-0.05, 0) is 13.3 Å². The fourth-order valence-electron chi connectivity index (χ4n) is 1.17. The summed E-state index contributed by atoms with van der Waals surface area (Å²) >= 11 is 0. The molecule has 5 heteroatoms. The van der Waals surface area contributed by atoms with Gasteiger partial charge >= 0.3 is 0 Å². The molecule has 0 atom stereocenters. The highest BCUT2D eigenvalue weighted by molar-refractivity contribution is 5.75. The van der Waals surface area contributed by atoms with Crippen LogP contribution in [-0.2, 0) is 11.3 Å². The van der Waals surface area contributed by atoms with Gasteiger partial charge < -0.3 is 11.1 Å². The largest absolute Gasteiger partial charge is 0.396 e. The van der Waals surface area contributed by atoms with E-state index >= 15 is 0 Å². The number of nitrogens with two attached hydrogens (primary N) is 1. The maximum absolute atomic E-state index is 10.9. The van der Waals surface area contributed by atoms with E-state index in [4.69, 9.17) is 5.73 Å². The molecular formula is C9H16N4O. The van der Waals surface area contributed by atoms with Crippen molar-refractivity contribution in [1.82, 2.24) is 15.1 Å². The second-order valence-electron chi connectivity index (χ2n) is 3.21. The van der Waals surface area contributed by atoms with E-state index in [9.17, 15) is 4.79 Å². The van der Waals surface area contributed by atoms with Crippen LogP contribution < -0.4 is 11.1 Å². The van der Waals surface area contributed by atoms with E-state index in [0.717, 1.165) is 18.7 Å². The van der Waals surface area contributed by atoms with Gasteiger partial charge in [0.15, 0.2) is 0 Å². The summed E-state index contributed by atoms with van der Waals surface area (Å²) in [5.41, 5.74) is 7.17. The first kappa shape index (κ1) is 10.6. The molecule has 0 radical (unpaired) electrons. The minimum Gasteiger partial charge on any atom is -0.396 e. The monoisotopic (exact) mass is 196 g/mol. The number of aryl methyl sites for hydroxylation is 2. The Balaban J connectivity index is 2.35. The zero-order valence-electron chi connectivity index (χ0n) is 8.58. The first-order chi connectivity index (χ1) is 6.63. The molecule has 1 rings (SSSR count). The number of rotatable bonds is 4. The Kier molecular flexibility index (Phi) is 3.50. The summed E-state index contributed by atoms with van der Waals surface area (Å²) in [6.07, 6.45) is 3.09. The maximum atomic E-state index is 10.9. The van der Waals surface area contributed by atoms with E-state index in [2.05, 4.69) is 10.4 Å². The number of aromatic nitrogens is 2. The number of nitrogen functional groups attached to an aromatic ring is 1. The molecule has 0 saturated heterocycles. The van der Waals surface area contributed by atoms with Crippen molar-refractivity contribution in [1.29, 1.82) is 0 Å². The smallest absolute Gasteiger partial charge is 0.219 e. The Morgan fingerprint density at radius 1 is 1.71 bits per heavy atom. The minimum atomic E-state index is 0.0573. The van der Waals surface area contributed by atoms with Gasteiger partial charge in [-0.25, -0.2) is 0 Å². The number of anilines is 1. The molecular weight excluding hydrogens is 180 g/mol. The third-order valence-electron chi connectivity index (χ3n) is 2.05. The molecule has 5 nitrogen and oxygen atoms in total.